The van der Waals surface area contributed by atoms with Crippen LogP contribution in [0.25, 0.3) is 11.0 Å². The molecule has 0 aliphatic rings. The Morgan fingerprint density at radius 3 is 2.58 bits per heavy atom. The minimum absolute atomic E-state index is 0.154. The van der Waals surface area contributed by atoms with Crippen molar-refractivity contribution in [3.8, 4) is 11.5 Å². The van der Waals surface area contributed by atoms with Gasteiger partial charge in [-0.15, -0.1) is 0 Å². The summed E-state index contributed by atoms with van der Waals surface area (Å²) in [7, 11) is 1.66. The van der Waals surface area contributed by atoms with Crippen LogP contribution in [-0.2, 0) is 17.8 Å². The maximum Gasteiger partial charge on any atom is 0.219 e. The number of aryl methyl sites for hydroxylation is 1. The van der Waals surface area contributed by atoms with E-state index in [2.05, 4.69) is 22.0 Å². The van der Waals surface area contributed by atoms with E-state index in [1.807, 2.05) is 43.3 Å². The average Bonchev–Trinajstić information content (AvgIpc) is 3.14. The highest BCUT2D eigenvalue weighted by molar-refractivity contribution is 5.76. The van der Waals surface area contributed by atoms with Gasteiger partial charge in [0, 0.05) is 19.4 Å². The molecule has 2 aromatic carbocycles. The van der Waals surface area contributed by atoms with Crippen LogP contribution in [0.4, 0.5) is 0 Å². The number of amides is 1. The number of para-hydroxylation sites is 2. The number of hydrogen-bond donors (Lipinski definition) is 1. The number of ether oxygens (including phenoxy) is 2. The van der Waals surface area contributed by atoms with Gasteiger partial charge in [-0.05, 0) is 55.7 Å². The van der Waals surface area contributed by atoms with Crippen molar-refractivity contribution in [1.82, 2.24) is 14.9 Å². The first-order valence-electron chi connectivity index (χ1n) is 11.2. The summed E-state index contributed by atoms with van der Waals surface area (Å²) in [5, 5.41) is 2.98. The molecule has 0 fully saturated rings. The molecule has 6 heteroatoms. The molecule has 0 unspecified atom stereocenters. The van der Waals surface area contributed by atoms with Crippen LogP contribution in [-0.4, -0.2) is 35.7 Å². The van der Waals surface area contributed by atoms with E-state index in [9.17, 15) is 4.79 Å². The van der Waals surface area contributed by atoms with E-state index < -0.39 is 0 Å². The smallest absolute Gasteiger partial charge is 0.219 e. The Kier molecular flexibility index (Phi) is 8.76. The highest BCUT2D eigenvalue weighted by Gasteiger charge is 2.10. The van der Waals surface area contributed by atoms with Crippen LogP contribution in [0.5, 0.6) is 11.5 Å². The molecule has 1 aromatic heterocycles. The normalized spacial score (nSPS) is 10.9. The van der Waals surface area contributed by atoms with Crippen LogP contribution in [0.2, 0.25) is 0 Å². The second-order valence-corrected chi connectivity index (χ2v) is 7.60. The van der Waals surface area contributed by atoms with Gasteiger partial charge in [-0.1, -0.05) is 25.5 Å². The maximum absolute atomic E-state index is 11.5. The molecule has 6 nitrogen and oxygen atoms in total. The number of methoxy groups -OCH3 is 1. The van der Waals surface area contributed by atoms with Crippen molar-refractivity contribution >= 4 is 16.9 Å². The van der Waals surface area contributed by atoms with Gasteiger partial charge in [0.2, 0.25) is 5.91 Å². The SMILES string of the molecule is CCCC(=O)NCCCCCc1nc2ccccc2n1CCOc1ccc(OC)cc1. The highest BCUT2D eigenvalue weighted by Crippen LogP contribution is 2.20. The van der Waals surface area contributed by atoms with E-state index >= 15 is 0 Å². The Labute approximate surface area is 184 Å². The fourth-order valence-corrected chi connectivity index (χ4v) is 3.62. The maximum atomic E-state index is 11.5. The lowest BCUT2D eigenvalue weighted by atomic mass is 10.2. The molecule has 1 heterocycles. The molecule has 1 N–H and O–H groups in total. The van der Waals surface area contributed by atoms with Crippen molar-refractivity contribution < 1.29 is 14.3 Å². The number of unbranched alkanes of at least 4 members (excludes halogenated alkanes) is 2. The Hall–Kier alpha value is -3.02. The van der Waals surface area contributed by atoms with Gasteiger partial charge in [0.15, 0.2) is 0 Å². The second-order valence-electron chi connectivity index (χ2n) is 7.60. The molecule has 0 spiro atoms. The molecule has 0 atom stereocenters. The Morgan fingerprint density at radius 1 is 1.03 bits per heavy atom. The third-order valence-corrected chi connectivity index (χ3v) is 5.25. The molecular formula is C25H33N3O3. The Balaban J connectivity index is 1.52. The van der Waals surface area contributed by atoms with Gasteiger partial charge in [-0.25, -0.2) is 4.98 Å². The average molecular weight is 424 g/mol. The largest absolute Gasteiger partial charge is 0.497 e. The van der Waals surface area contributed by atoms with Gasteiger partial charge in [0.1, 0.15) is 23.9 Å². The molecule has 3 aromatic rings. The topological polar surface area (TPSA) is 65.4 Å². The molecule has 0 radical (unpaired) electrons. The van der Waals surface area contributed by atoms with Gasteiger partial charge in [0.05, 0.1) is 24.7 Å². The summed E-state index contributed by atoms with van der Waals surface area (Å²) in [5.41, 5.74) is 2.16. The van der Waals surface area contributed by atoms with E-state index in [0.717, 1.165) is 73.6 Å². The van der Waals surface area contributed by atoms with Crippen LogP contribution in [0, 0.1) is 0 Å². The monoisotopic (exact) mass is 423 g/mol. The second kappa shape index (κ2) is 12.0. The van der Waals surface area contributed by atoms with Crippen LogP contribution in [0.15, 0.2) is 48.5 Å². The van der Waals surface area contributed by atoms with Gasteiger partial charge in [0.25, 0.3) is 0 Å². The predicted octanol–water partition coefficient (Wildman–Crippen LogP) is 4.75. The Morgan fingerprint density at radius 2 is 1.81 bits per heavy atom. The molecule has 31 heavy (non-hydrogen) atoms. The van der Waals surface area contributed by atoms with E-state index in [1.54, 1.807) is 7.11 Å². The molecule has 0 saturated carbocycles. The van der Waals surface area contributed by atoms with Crippen molar-refractivity contribution in [3.05, 3.63) is 54.4 Å². The highest BCUT2D eigenvalue weighted by atomic mass is 16.5. The van der Waals surface area contributed by atoms with Crippen molar-refractivity contribution in [2.45, 2.75) is 52.0 Å². The van der Waals surface area contributed by atoms with Crippen LogP contribution in [0.1, 0.15) is 44.9 Å². The zero-order valence-electron chi connectivity index (χ0n) is 18.6. The van der Waals surface area contributed by atoms with E-state index in [1.165, 1.54) is 0 Å². The van der Waals surface area contributed by atoms with Crippen molar-refractivity contribution in [3.63, 3.8) is 0 Å². The summed E-state index contributed by atoms with van der Waals surface area (Å²) in [6.07, 6.45) is 5.54. The van der Waals surface area contributed by atoms with Crippen LogP contribution < -0.4 is 14.8 Å². The molecule has 0 bridgehead atoms. The minimum atomic E-state index is 0.154. The van der Waals surface area contributed by atoms with Crippen molar-refractivity contribution in [2.24, 2.45) is 0 Å². The first kappa shape index (κ1) is 22.7. The zero-order chi connectivity index (χ0) is 21.9. The van der Waals surface area contributed by atoms with Gasteiger partial charge >= 0.3 is 0 Å². The van der Waals surface area contributed by atoms with Gasteiger partial charge < -0.3 is 19.4 Å². The lowest BCUT2D eigenvalue weighted by Gasteiger charge is -2.11. The number of nitrogens with zero attached hydrogens (tertiary/aromatic N) is 2. The van der Waals surface area contributed by atoms with Gasteiger partial charge in [-0.3, -0.25) is 4.79 Å². The fraction of sp³-hybridized carbons (Fsp3) is 0.440. The summed E-state index contributed by atoms with van der Waals surface area (Å²) in [4.78, 5) is 16.4. The minimum Gasteiger partial charge on any atom is -0.497 e. The molecule has 3 rings (SSSR count). The number of fused-ring (bicyclic) bond motifs is 1. The van der Waals surface area contributed by atoms with Gasteiger partial charge in [-0.2, -0.15) is 0 Å². The summed E-state index contributed by atoms with van der Waals surface area (Å²) in [6.45, 7) is 4.09. The summed E-state index contributed by atoms with van der Waals surface area (Å²) >= 11 is 0. The molecular weight excluding hydrogens is 390 g/mol. The third kappa shape index (κ3) is 6.74. The summed E-state index contributed by atoms with van der Waals surface area (Å²) in [6, 6.07) is 15.9. The molecule has 0 aliphatic carbocycles. The number of rotatable bonds is 13. The van der Waals surface area contributed by atoms with Crippen LogP contribution in [0.3, 0.4) is 0 Å². The first-order chi connectivity index (χ1) is 15.2. The van der Waals surface area contributed by atoms with Crippen molar-refractivity contribution in [2.75, 3.05) is 20.3 Å². The number of hydrogen-bond acceptors (Lipinski definition) is 4. The van der Waals surface area contributed by atoms with E-state index in [4.69, 9.17) is 14.5 Å². The summed E-state index contributed by atoms with van der Waals surface area (Å²) in [5.74, 6) is 2.90. The third-order valence-electron chi connectivity index (χ3n) is 5.25. The first-order valence-corrected chi connectivity index (χ1v) is 11.2. The molecule has 0 aliphatic heterocycles. The lowest BCUT2D eigenvalue weighted by molar-refractivity contribution is -0.121. The fourth-order valence-electron chi connectivity index (χ4n) is 3.62. The number of benzene rings is 2. The molecule has 0 saturated heterocycles. The summed E-state index contributed by atoms with van der Waals surface area (Å²) < 4.78 is 13.4. The quantitative estimate of drug-likeness (QED) is 0.403. The zero-order valence-corrected chi connectivity index (χ0v) is 18.6. The number of aromatic nitrogens is 2. The van der Waals surface area contributed by atoms with E-state index in [-0.39, 0.29) is 5.91 Å². The number of carbonyl (C=O) groups is 1. The van der Waals surface area contributed by atoms with Crippen LogP contribution >= 0.6 is 0 Å². The van der Waals surface area contributed by atoms with E-state index in [0.29, 0.717) is 13.0 Å². The number of carbonyl (C=O) groups excluding carboxylic acids is 1. The Bertz CT molecular complexity index is 950. The predicted molar refractivity (Wildman–Crippen MR) is 124 cm³/mol. The number of nitrogens with one attached hydrogen (secondary N) is 1. The number of imidazole rings is 1. The lowest BCUT2D eigenvalue weighted by Crippen LogP contribution is -2.23. The standard InChI is InChI=1S/C25H33N3O3/c1-3-9-25(29)26-17-8-4-5-12-24-27-22-10-6-7-11-23(22)28(24)18-19-31-21-15-13-20(30-2)14-16-21/h6-7,10-11,13-16H,3-5,8-9,12,17-19H2,1-2H3,(H,26,29). The van der Waals surface area contributed by atoms with Crippen molar-refractivity contribution in [1.29, 1.82) is 0 Å². The molecule has 166 valence electrons. The molecule has 1 amide bonds.